The molecule has 23 heavy (non-hydrogen) atoms. The zero-order valence-corrected chi connectivity index (χ0v) is 15.5. The van der Waals surface area contributed by atoms with Gasteiger partial charge in [-0.25, -0.2) is 0 Å². The number of piperidine rings is 1. The summed E-state index contributed by atoms with van der Waals surface area (Å²) >= 11 is 0. The summed E-state index contributed by atoms with van der Waals surface area (Å²) in [4.78, 5) is 29.9. The van der Waals surface area contributed by atoms with E-state index in [4.69, 9.17) is 0 Å². The number of Topliss-reactive ketones (excluding diaryl/α,β-unsaturated/α-hetero) is 2. The summed E-state index contributed by atoms with van der Waals surface area (Å²) < 4.78 is 0. The SMILES string of the molecule is CCC[C@H]1[C@@H](C(=O)[C@@H]2[C@H]3[C@@H](CN2C)C3(C)C)CN(C)[C@@H]1C(C)=O. The van der Waals surface area contributed by atoms with Crippen LogP contribution in [-0.4, -0.2) is 60.6 Å². The quantitative estimate of drug-likeness (QED) is 0.778. The molecule has 4 heteroatoms. The van der Waals surface area contributed by atoms with Crippen LogP contribution >= 0.6 is 0 Å². The van der Waals surface area contributed by atoms with Gasteiger partial charge in [0.1, 0.15) is 5.78 Å². The van der Waals surface area contributed by atoms with Gasteiger partial charge in [0.05, 0.1) is 12.1 Å². The Kier molecular flexibility index (Phi) is 4.21. The summed E-state index contributed by atoms with van der Waals surface area (Å²) in [6.45, 7) is 10.2. The summed E-state index contributed by atoms with van der Waals surface area (Å²) in [5, 5.41) is 0. The molecule has 0 amide bonds. The van der Waals surface area contributed by atoms with Crippen LogP contribution in [0.5, 0.6) is 0 Å². The van der Waals surface area contributed by atoms with E-state index >= 15 is 0 Å². The monoisotopic (exact) mass is 320 g/mol. The maximum Gasteiger partial charge on any atom is 0.154 e. The van der Waals surface area contributed by atoms with Crippen LogP contribution in [0.4, 0.5) is 0 Å². The Morgan fingerprint density at radius 1 is 1.09 bits per heavy atom. The van der Waals surface area contributed by atoms with Crippen molar-refractivity contribution in [3.8, 4) is 0 Å². The van der Waals surface area contributed by atoms with Crippen LogP contribution in [-0.2, 0) is 9.59 Å². The molecule has 1 aliphatic carbocycles. The second-order valence-corrected chi connectivity index (χ2v) is 8.79. The standard InChI is InChI=1S/C19H32N2O2/c1-7-8-12-13(9-20(5)16(12)11(2)22)18(23)17-15-14(10-21(17)6)19(15,3)4/h12-17H,7-10H2,1-6H3/t12-,13-,14+,15+,16+,17-/m0/s1. The molecule has 0 bridgehead atoms. The highest BCUT2D eigenvalue weighted by molar-refractivity contribution is 5.91. The van der Waals surface area contributed by atoms with Gasteiger partial charge in [-0.3, -0.25) is 19.4 Å². The molecule has 2 heterocycles. The van der Waals surface area contributed by atoms with Crippen LogP contribution in [0.1, 0.15) is 40.5 Å². The van der Waals surface area contributed by atoms with Gasteiger partial charge in [0.25, 0.3) is 0 Å². The molecular weight excluding hydrogens is 288 g/mol. The molecule has 1 saturated carbocycles. The lowest BCUT2D eigenvalue weighted by molar-refractivity contribution is -0.129. The maximum atomic E-state index is 13.4. The molecule has 0 unspecified atom stereocenters. The highest BCUT2D eigenvalue weighted by Gasteiger charge is 2.68. The highest BCUT2D eigenvalue weighted by atomic mass is 16.1. The lowest BCUT2D eigenvalue weighted by Gasteiger charge is -2.30. The molecule has 4 nitrogen and oxygen atoms in total. The number of nitrogens with zero attached hydrogens (tertiary/aromatic N) is 2. The molecular formula is C19H32N2O2. The fourth-order valence-corrected chi connectivity index (χ4v) is 5.79. The zero-order valence-electron chi connectivity index (χ0n) is 15.5. The van der Waals surface area contributed by atoms with E-state index in [0.717, 1.165) is 25.9 Å². The number of carbonyl (C=O) groups is 2. The van der Waals surface area contributed by atoms with E-state index in [1.165, 1.54) is 0 Å². The van der Waals surface area contributed by atoms with Crippen LogP contribution < -0.4 is 0 Å². The highest BCUT2D eigenvalue weighted by Crippen LogP contribution is 2.65. The lowest BCUT2D eigenvalue weighted by atomic mass is 9.79. The van der Waals surface area contributed by atoms with Crippen molar-refractivity contribution in [2.75, 3.05) is 27.2 Å². The molecule has 0 aromatic carbocycles. The Hall–Kier alpha value is -0.740. The number of ketones is 2. The Bertz CT molecular complexity index is 515. The fourth-order valence-electron chi connectivity index (χ4n) is 5.79. The average molecular weight is 320 g/mol. The van der Waals surface area contributed by atoms with Gasteiger partial charge in [-0.2, -0.15) is 0 Å². The minimum atomic E-state index is -0.0707. The third-order valence-corrected chi connectivity index (χ3v) is 7.02. The first-order valence-corrected chi connectivity index (χ1v) is 9.16. The number of hydrogen-bond donors (Lipinski definition) is 0. The summed E-state index contributed by atoms with van der Waals surface area (Å²) in [5.41, 5.74) is 0.317. The Morgan fingerprint density at radius 3 is 2.22 bits per heavy atom. The molecule has 2 aliphatic heterocycles. The number of carbonyl (C=O) groups excluding carboxylic acids is 2. The van der Waals surface area contributed by atoms with Gasteiger partial charge >= 0.3 is 0 Å². The van der Waals surface area contributed by atoms with Gasteiger partial charge in [0, 0.05) is 19.0 Å². The summed E-state index contributed by atoms with van der Waals surface area (Å²) in [6, 6.07) is -0.00270. The van der Waals surface area contributed by atoms with E-state index in [9.17, 15) is 9.59 Å². The molecule has 0 spiro atoms. The number of rotatable bonds is 5. The molecule has 0 N–H and O–H groups in total. The third-order valence-electron chi connectivity index (χ3n) is 7.02. The van der Waals surface area contributed by atoms with Crippen molar-refractivity contribution in [2.24, 2.45) is 29.1 Å². The molecule has 3 aliphatic rings. The molecule has 2 saturated heterocycles. The molecule has 3 rings (SSSR count). The smallest absolute Gasteiger partial charge is 0.154 e. The van der Waals surface area contributed by atoms with E-state index in [0.29, 0.717) is 23.0 Å². The molecule has 6 atom stereocenters. The molecule has 0 aromatic heterocycles. The molecule has 130 valence electrons. The first-order valence-electron chi connectivity index (χ1n) is 9.16. The molecule has 0 aromatic rings. The Morgan fingerprint density at radius 2 is 1.70 bits per heavy atom. The zero-order chi connectivity index (χ0) is 17.1. The predicted molar refractivity (Wildman–Crippen MR) is 91.2 cm³/mol. The van der Waals surface area contributed by atoms with Gasteiger partial charge < -0.3 is 0 Å². The summed E-state index contributed by atoms with van der Waals surface area (Å²) in [6.07, 6.45) is 2.00. The lowest BCUT2D eigenvalue weighted by Crippen LogP contribution is -2.44. The van der Waals surface area contributed by atoms with Crippen molar-refractivity contribution in [3.05, 3.63) is 0 Å². The van der Waals surface area contributed by atoms with Crippen molar-refractivity contribution < 1.29 is 9.59 Å². The Labute approximate surface area is 140 Å². The van der Waals surface area contributed by atoms with Crippen LogP contribution in [0.2, 0.25) is 0 Å². The van der Waals surface area contributed by atoms with Crippen molar-refractivity contribution in [1.82, 2.24) is 9.80 Å². The first kappa shape index (κ1) is 17.1. The van der Waals surface area contributed by atoms with Gasteiger partial charge in [-0.15, -0.1) is 0 Å². The van der Waals surface area contributed by atoms with Crippen LogP contribution in [0.25, 0.3) is 0 Å². The number of likely N-dealkylation sites (tertiary alicyclic amines) is 2. The van der Waals surface area contributed by atoms with Crippen LogP contribution in [0, 0.1) is 29.1 Å². The minimum Gasteiger partial charge on any atom is -0.298 e. The largest absolute Gasteiger partial charge is 0.298 e. The third kappa shape index (κ3) is 2.49. The number of fused-ring (bicyclic) bond motifs is 1. The van der Waals surface area contributed by atoms with E-state index in [2.05, 4.69) is 37.6 Å². The second kappa shape index (κ2) is 5.66. The van der Waals surface area contributed by atoms with Gasteiger partial charge in [-0.05, 0) is 50.6 Å². The van der Waals surface area contributed by atoms with Crippen molar-refractivity contribution in [2.45, 2.75) is 52.6 Å². The van der Waals surface area contributed by atoms with Crippen molar-refractivity contribution in [3.63, 3.8) is 0 Å². The van der Waals surface area contributed by atoms with Crippen LogP contribution in [0.3, 0.4) is 0 Å². The average Bonchev–Trinajstić information content (AvgIpc) is 2.80. The van der Waals surface area contributed by atoms with E-state index in [-0.39, 0.29) is 29.7 Å². The van der Waals surface area contributed by atoms with Crippen LogP contribution in [0.15, 0.2) is 0 Å². The first-order chi connectivity index (χ1) is 10.7. The van der Waals surface area contributed by atoms with Gasteiger partial charge in [0.15, 0.2) is 5.78 Å². The summed E-state index contributed by atoms with van der Waals surface area (Å²) in [5.74, 6) is 2.03. The van der Waals surface area contributed by atoms with Gasteiger partial charge in [-0.1, -0.05) is 27.2 Å². The maximum absolute atomic E-state index is 13.4. The van der Waals surface area contributed by atoms with E-state index < -0.39 is 0 Å². The van der Waals surface area contributed by atoms with Crippen molar-refractivity contribution in [1.29, 1.82) is 0 Å². The van der Waals surface area contributed by atoms with E-state index in [1.807, 2.05) is 7.05 Å². The predicted octanol–water partition coefficient (Wildman–Crippen LogP) is 2.08. The molecule has 0 radical (unpaired) electrons. The summed E-state index contributed by atoms with van der Waals surface area (Å²) in [7, 11) is 4.10. The van der Waals surface area contributed by atoms with E-state index in [1.54, 1.807) is 6.92 Å². The normalized spacial score (nSPS) is 42.7. The Balaban J connectivity index is 1.82. The minimum absolute atomic E-state index is 0.0245. The topological polar surface area (TPSA) is 40.6 Å². The fraction of sp³-hybridized carbons (Fsp3) is 0.895. The number of hydrogen-bond acceptors (Lipinski definition) is 4. The van der Waals surface area contributed by atoms with Gasteiger partial charge in [0.2, 0.25) is 0 Å². The molecule has 3 fully saturated rings. The van der Waals surface area contributed by atoms with Crippen molar-refractivity contribution >= 4 is 11.6 Å². The second-order valence-electron chi connectivity index (χ2n) is 8.79. The number of likely N-dealkylation sites (N-methyl/N-ethyl adjacent to an activating group) is 2.